The van der Waals surface area contributed by atoms with Crippen molar-refractivity contribution in [1.82, 2.24) is 10.2 Å². The number of nitrogens with zero attached hydrogens (tertiary/aromatic N) is 2. The topological polar surface area (TPSA) is 191 Å². The van der Waals surface area contributed by atoms with Crippen LogP contribution in [0.2, 0.25) is 0 Å². The van der Waals surface area contributed by atoms with Gasteiger partial charge in [-0.25, -0.2) is 9.59 Å². The molecule has 3 rings (SSSR count). The molecule has 2 unspecified atom stereocenters. The van der Waals surface area contributed by atoms with Crippen LogP contribution in [0, 0.1) is 0 Å². The molecule has 0 bridgehead atoms. The minimum absolute atomic E-state index is 0.0666. The molecule has 4 N–H and O–H groups in total. The number of carbonyl (C=O) groups is 4. The third-order valence-electron chi connectivity index (χ3n) is 4.27. The second-order valence-electron chi connectivity index (χ2n) is 6.06. The zero-order valence-electron chi connectivity index (χ0n) is 15.3. The summed E-state index contributed by atoms with van der Waals surface area (Å²) in [7, 11) is -0.684. The monoisotopic (exact) mass is 440 g/mol. The van der Waals surface area contributed by atoms with E-state index in [1.165, 1.54) is 25.5 Å². The molecule has 2 aliphatic heterocycles. The number of nitrogens with one attached hydrogen (secondary N) is 1. The Labute approximate surface area is 170 Å². The molecule has 0 saturated carbocycles. The van der Waals surface area contributed by atoms with Crippen molar-refractivity contribution in [2.75, 3.05) is 13.7 Å². The molecule has 0 spiro atoms. The number of amides is 3. The molecule has 0 aromatic carbocycles. The lowest BCUT2D eigenvalue weighted by Gasteiger charge is -2.50. The number of rotatable bonds is 7. The van der Waals surface area contributed by atoms with Crippen molar-refractivity contribution in [3.05, 3.63) is 35.1 Å². The minimum atomic E-state index is -1.89. The number of nitrogens with two attached hydrogens (primary N) is 1. The molecule has 3 heterocycles. The van der Waals surface area contributed by atoms with Gasteiger partial charge in [-0.05, 0) is 12.1 Å². The second-order valence-corrected chi connectivity index (χ2v) is 7.43. The summed E-state index contributed by atoms with van der Waals surface area (Å²) in [5.74, 6) is -2.99. The van der Waals surface area contributed by atoms with E-state index < -0.39 is 58.7 Å². The number of carboxylic acids is 1. The maximum atomic E-state index is 12.6. The molecule has 160 valence electrons. The van der Waals surface area contributed by atoms with E-state index in [-0.39, 0.29) is 17.0 Å². The van der Waals surface area contributed by atoms with Gasteiger partial charge in [-0.2, -0.15) is 0 Å². The van der Waals surface area contributed by atoms with E-state index in [0.29, 0.717) is 0 Å². The molecule has 1 saturated heterocycles. The van der Waals surface area contributed by atoms with Crippen LogP contribution in [0.3, 0.4) is 0 Å². The quantitative estimate of drug-likeness (QED) is 0.257. The average Bonchev–Trinajstić information content (AvgIpc) is 3.22. The molecule has 14 heteroatoms. The van der Waals surface area contributed by atoms with Crippen molar-refractivity contribution in [1.29, 1.82) is 0 Å². The van der Waals surface area contributed by atoms with E-state index in [4.69, 9.17) is 10.2 Å². The lowest BCUT2D eigenvalue weighted by Crippen LogP contribution is -2.76. The fourth-order valence-electron chi connectivity index (χ4n) is 3.06. The fraction of sp³-hybridized carbons (Fsp3) is 0.312. The highest BCUT2D eigenvalue weighted by Crippen LogP contribution is 2.34. The first-order valence-corrected chi connectivity index (χ1v) is 9.57. The molecule has 3 amide bonds. The summed E-state index contributed by atoms with van der Waals surface area (Å²) >= 11 is 0. The van der Waals surface area contributed by atoms with E-state index in [0.717, 1.165) is 10.3 Å². The number of primary amides is 1. The molecule has 2 aliphatic rings. The van der Waals surface area contributed by atoms with Gasteiger partial charge in [-0.15, -0.1) is 0 Å². The van der Waals surface area contributed by atoms with Gasteiger partial charge in [0.2, 0.25) is 11.6 Å². The molecule has 0 radical (unpaired) electrons. The SMILES string of the molecule is CO/N=C(\C(=O)N[C@@H]1C(=O)N2C(C(=O)O)C(COC(N)=O)=CS(=O)[C@H]12)c1ccco1. The van der Waals surface area contributed by atoms with Gasteiger partial charge in [0.1, 0.15) is 25.1 Å². The van der Waals surface area contributed by atoms with Crippen LogP contribution in [0.15, 0.2) is 38.9 Å². The Bertz CT molecular complexity index is 971. The van der Waals surface area contributed by atoms with Gasteiger partial charge < -0.3 is 35.0 Å². The van der Waals surface area contributed by atoms with Crippen molar-refractivity contribution in [3.63, 3.8) is 0 Å². The smallest absolute Gasteiger partial charge is 0.404 e. The largest absolute Gasteiger partial charge is 0.479 e. The Hall–Kier alpha value is -3.68. The van der Waals surface area contributed by atoms with Crippen LogP contribution in [-0.2, 0) is 34.8 Å². The van der Waals surface area contributed by atoms with Crippen LogP contribution < -0.4 is 11.1 Å². The molecule has 1 aromatic heterocycles. The second kappa shape index (κ2) is 8.36. The van der Waals surface area contributed by atoms with Crippen molar-refractivity contribution in [3.8, 4) is 0 Å². The van der Waals surface area contributed by atoms with Crippen LogP contribution in [0.4, 0.5) is 4.79 Å². The number of ether oxygens (including phenoxy) is 1. The Balaban J connectivity index is 1.82. The third kappa shape index (κ3) is 3.76. The van der Waals surface area contributed by atoms with Gasteiger partial charge in [-0.1, -0.05) is 5.16 Å². The zero-order valence-corrected chi connectivity index (χ0v) is 16.2. The molecule has 1 fully saturated rings. The number of aliphatic carboxylic acids is 1. The zero-order chi connectivity index (χ0) is 22.0. The third-order valence-corrected chi connectivity index (χ3v) is 5.78. The normalized spacial score (nSPS) is 25.5. The molecule has 13 nitrogen and oxygen atoms in total. The summed E-state index contributed by atoms with van der Waals surface area (Å²) in [6.45, 7) is -0.547. The number of furan rings is 1. The molecular formula is C16H16N4O9S. The number of oxime groups is 1. The molecule has 4 atom stereocenters. The van der Waals surface area contributed by atoms with E-state index in [1.807, 2.05) is 0 Å². The Morgan fingerprint density at radius 2 is 2.17 bits per heavy atom. The molecule has 0 aliphatic carbocycles. The number of fused-ring (bicyclic) bond motifs is 1. The summed E-state index contributed by atoms with van der Waals surface area (Å²) in [6.07, 6.45) is 0.147. The number of hydrogen-bond acceptors (Lipinski definition) is 9. The maximum absolute atomic E-state index is 12.6. The Morgan fingerprint density at radius 1 is 1.43 bits per heavy atom. The van der Waals surface area contributed by atoms with Gasteiger partial charge in [0.05, 0.1) is 17.1 Å². The summed E-state index contributed by atoms with van der Waals surface area (Å²) < 4.78 is 22.3. The predicted molar refractivity (Wildman–Crippen MR) is 98.0 cm³/mol. The van der Waals surface area contributed by atoms with Crippen molar-refractivity contribution in [2.45, 2.75) is 17.5 Å². The molecular weight excluding hydrogens is 424 g/mol. The Kier molecular flexibility index (Phi) is 5.86. The lowest BCUT2D eigenvalue weighted by atomic mass is 9.98. The van der Waals surface area contributed by atoms with Gasteiger partial charge in [0, 0.05) is 11.0 Å². The van der Waals surface area contributed by atoms with Crippen LogP contribution in [-0.4, -0.2) is 75.0 Å². The van der Waals surface area contributed by atoms with Crippen molar-refractivity contribution >= 4 is 40.4 Å². The maximum Gasteiger partial charge on any atom is 0.404 e. The summed E-state index contributed by atoms with van der Waals surface area (Å²) in [5, 5.41) is 15.4. The van der Waals surface area contributed by atoms with Gasteiger partial charge in [0.15, 0.2) is 11.8 Å². The highest BCUT2D eigenvalue weighted by Gasteiger charge is 2.58. The molecule has 1 aromatic rings. The highest BCUT2D eigenvalue weighted by molar-refractivity contribution is 7.88. The average molecular weight is 440 g/mol. The van der Waals surface area contributed by atoms with Gasteiger partial charge >= 0.3 is 12.1 Å². The minimum Gasteiger partial charge on any atom is -0.479 e. The van der Waals surface area contributed by atoms with Crippen LogP contribution >= 0.6 is 0 Å². The van der Waals surface area contributed by atoms with Crippen molar-refractivity contribution < 1.29 is 42.5 Å². The fourth-order valence-corrected chi connectivity index (χ4v) is 4.60. The predicted octanol–water partition coefficient (Wildman–Crippen LogP) is -1.52. The van der Waals surface area contributed by atoms with Crippen LogP contribution in [0.1, 0.15) is 5.76 Å². The first kappa shape index (κ1) is 21.0. The summed E-state index contributed by atoms with van der Waals surface area (Å²) in [5.41, 5.74) is 4.53. The van der Waals surface area contributed by atoms with Gasteiger partial charge in [0.25, 0.3) is 5.91 Å². The highest BCUT2D eigenvalue weighted by atomic mass is 32.2. The first-order chi connectivity index (χ1) is 14.3. The number of carboxylic acid groups (broad SMARTS) is 1. The van der Waals surface area contributed by atoms with E-state index >= 15 is 0 Å². The van der Waals surface area contributed by atoms with E-state index in [9.17, 15) is 28.5 Å². The number of carbonyl (C=O) groups excluding carboxylic acids is 3. The van der Waals surface area contributed by atoms with Gasteiger partial charge in [-0.3, -0.25) is 13.8 Å². The summed E-state index contributed by atoms with van der Waals surface area (Å²) in [4.78, 5) is 53.1. The number of β-lactam (4-membered cyclic amide) rings is 1. The molecule has 30 heavy (non-hydrogen) atoms. The van der Waals surface area contributed by atoms with Crippen LogP contribution in [0.25, 0.3) is 0 Å². The van der Waals surface area contributed by atoms with Crippen LogP contribution in [0.5, 0.6) is 0 Å². The first-order valence-electron chi connectivity index (χ1n) is 8.29. The lowest BCUT2D eigenvalue weighted by molar-refractivity contribution is -0.160. The van der Waals surface area contributed by atoms with E-state index in [1.54, 1.807) is 0 Å². The van der Waals surface area contributed by atoms with Crippen molar-refractivity contribution in [2.24, 2.45) is 10.9 Å². The summed E-state index contributed by atoms with van der Waals surface area (Å²) in [6, 6.07) is 0.161. The number of hydrogen-bond donors (Lipinski definition) is 3. The Morgan fingerprint density at radius 3 is 2.73 bits per heavy atom. The standard InChI is InChI=1S/C16H16N4O9S/c1-27-19-9(8-3-2-4-28-8)12(21)18-10-13(22)20-11(15(23)24)7(5-29-16(17)25)6-30(26)14(10)20/h2-4,6,10-11,14H,5H2,1H3,(H2,17,25)(H,18,21)(H,23,24)/b19-9-/t10-,11?,14-,30?/m1/s1. The van der Waals surface area contributed by atoms with E-state index in [2.05, 4.69) is 20.0 Å².